The first-order valence-electron chi connectivity index (χ1n) is 7.24. The van der Waals surface area contributed by atoms with Crippen LogP contribution in [0.4, 0.5) is 0 Å². The van der Waals surface area contributed by atoms with Crippen molar-refractivity contribution < 1.29 is 9.84 Å². The van der Waals surface area contributed by atoms with Gasteiger partial charge in [-0.25, -0.2) is 0 Å². The van der Waals surface area contributed by atoms with Crippen LogP contribution in [0.3, 0.4) is 0 Å². The Balaban J connectivity index is 2.10. The summed E-state index contributed by atoms with van der Waals surface area (Å²) >= 11 is 3.44. The summed E-state index contributed by atoms with van der Waals surface area (Å²) in [4.78, 5) is 0. The zero-order chi connectivity index (χ0) is 13.8. The first kappa shape index (κ1) is 14.9. The summed E-state index contributed by atoms with van der Waals surface area (Å²) in [6.45, 7) is 4.04. The molecule has 1 saturated carbocycles. The maximum atomic E-state index is 9.86. The third-order valence-corrected chi connectivity index (χ3v) is 4.52. The Bertz CT molecular complexity index is 417. The molecule has 0 aliphatic heterocycles. The van der Waals surface area contributed by atoms with E-state index in [1.54, 1.807) is 6.92 Å². The lowest BCUT2D eigenvalue weighted by Crippen LogP contribution is -2.25. The van der Waals surface area contributed by atoms with Crippen molar-refractivity contribution in [2.75, 3.05) is 0 Å². The van der Waals surface area contributed by atoms with Crippen LogP contribution in [0.5, 0.6) is 5.75 Å². The highest BCUT2D eigenvalue weighted by atomic mass is 79.9. The molecular weight excluding hydrogens is 304 g/mol. The smallest absolute Gasteiger partial charge is 0.125 e. The molecule has 2 unspecified atom stereocenters. The van der Waals surface area contributed by atoms with Crippen molar-refractivity contribution in [2.24, 2.45) is 5.92 Å². The van der Waals surface area contributed by atoms with E-state index in [2.05, 4.69) is 22.9 Å². The lowest BCUT2D eigenvalue weighted by molar-refractivity contribution is 0.115. The lowest BCUT2D eigenvalue weighted by Gasteiger charge is -2.30. The zero-order valence-electron chi connectivity index (χ0n) is 11.7. The van der Waals surface area contributed by atoms with Crippen LogP contribution >= 0.6 is 15.9 Å². The molecule has 0 amide bonds. The van der Waals surface area contributed by atoms with Crippen LogP contribution in [0.15, 0.2) is 22.7 Å². The molecule has 1 aliphatic carbocycles. The van der Waals surface area contributed by atoms with E-state index in [-0.39, 0.29) is 0 Å². The predicted molar refractivity (Wildman–Crippen MR) is 81.4 cm³/mol. The van der Waals surface area contributed by atoms with Crippen LogP contribution in [0.2, 0.25) is 0 Å². The average Bonchev–Trinajstić information content (AvgIpc) is 2.41. The largest absolute Gasteiger partial charge is 0.490 e. The minimum absolute atomic E-state index is 0.303. The van der Waals surface area contributed by atoms with Crippen LogP contribution in [0, 0.1) is 5.92 Å². The Labute approximate surface area is 124 Å². The van der Waals surface area contributed by atoms with E-state index in [9.17, 15) is 5.11 Å². The maximum absolute atomic E-state index is 9.86. The fraction of sp³-hybridized carbons (Fsp3) is 0.625. The van der Waals surface area contributed by atoms with E-state index in [0.29, 0.717) is 6.10 Å². The van der Waals surface area contributed by atoms with Crippen LogP contribution in [-0.2, 0) is 0 Å². The van der Waals surface area contributed by atoms with Crippen molar-refractivity contribution in [3.8, 4) is 5.75 Å². The molecule has 1 aromatic carbocycles. The quantitative estimate of drug-likeness (QED) is 0.856. The van der Waals surface area contributed by atoms with E-state index in [1.807, 2.05) is 18.2 Å². The molecule has 3 heteroatoms. The van der Waals surface area contributed by atoms with Crippen LogP contribution in [0.25, 0.3) is 0 Å². The van der Waals surface area contributed by atoms with Crippen molar-refractivity contribution in [3.63, 3.8) is 0 Å². The van der Waals surface area contributed by atoms with E-state index in [4.69, 9.17) is 4.74 Å². The maximum Gasteiger partial charge on any atom is 0.125 e. The van der Waals surface area contributed by atoms with E-state index >= 15 is 0 Å². The van der Waals surface area contributed by atoms with E-state index < -0.39 is 6.10 Å². The fourth-order valence-corrected chi connectivity index (χ4v) is 3.23. The molecule has 3 atom stereocenters. The summed E-state index contributed by atoms with van der Waals surface area (Å²) in [5.41, 5.74) is 0.869. The predicted octanol–water partition coefficient (Wildman–Crippen LogP) is 4.85. The SMILES string of the molecule is CCC1CCCC(Oc2ccc(Br)cc2[C@H](C)O)C1. The van der Waals surface area contributed by atoms with Gasteiger partial charge in [-0.3, -0.25) is 0 Å². The molecule has 1 aliphatic rings. The number of ether oxygens (including phenoxy) is 1. The van der Waals surface area contributed by atoms with Crippen LogP contribution in [0.1, 0.15) is 57.6 Å². The number of halogens is 1. The Morgan fingerprint density at radius 1 is 1.42 bits per heavy atom. The topological polar surface area (TPSA) is 29.5 Å². The summed E-state index contributed by atoms with van der Waals surface area (Å²) in [6, 6.07) is 5.88. The Morgan fingerprint density at radius 2 is 2.21 bits per heavy atom. The van der Waals surface area contributed by atoms with Gasteiger partial charge in [-0.2, -0.15) is 0 Å². The number of aliphatic hydroxyl groups is 1. The molecule has 0 heterocycles. The van der Waals surface area contributed by atoms with Gasteiger partial charge >= 0.3 is 0 Å². The number of rotatable bonds is 4. The standard InChI is InChI=1S/C16H23BrO2/c1-3-12-5-4-6-14(9-12)19-16-8-7-13(17)10-15(16)11(2)18/h7-8,10-12,14,18H,3-6,9H2,1-2H3/t11-,12?,14?/m0/s1. The van der Waals surface area contributed by atoms with Gasteiger partial charge in [0, 0.05) is 10.0 Å². The van der Waals surface area contributed by atoms with Gasteiger partial charge in [0.25, 0.3) is 0 Å². The second-order valence-corrected chi connectivity index (χ2v) is 6.45. The highest BCUT2D eigenvalue weighted by molar-refractivity contribution is 9.10. The van der Waals surface area contributed by atoms with Gasteiger partial charge in [0.2, 0.25) is 0 Å². The summed E-state index contributed by atoms with van der Waals surface area (Å²) in [7, 11) is 0. The van der Waals surface area contributed by atoms with Gasteiger partial charge in [-0.05, 0) is 50.3 Å². The van der Waals surface area contributed by atoms with Crippen LogP contribution < -0.4 is 4.74 Å². The Kier molecular flexibility index (Phi) is 5.28. The van der Waals surface area contributed by atoms with Crippen molar-refractivity contribution in [3.05, 3.63) is 28.2 Å². The Hall–Kier alpha value is -0.540. The first-order chi connectivity index (χ1) is 9.10. The molecule has 1 N–H and O–H groups in total. The normalized spacial score (nSPS) is 25.1. The van der Waals surface area contributed by atoms with E-state index in [0.717, 1.165) is 34.5 Å². The monoisotopic (exact) mass is 326 g/mol. The van der Waals surface area contributed by atoms with Gasteiger partial charge in [0.05, 0.1) is 12.2 Å². The van der Waals surface area contributed by atoms with Crippen molar-refractivity contribution in [1.82, 2.24) is 0 Å². The number of benzene rings is 1. The molecule has 2 rings (SSSR count). The summed E-state index contributed by atoms with van der Waals surface area (Å²) in [6.07, 6.45) is 5.90. The van der Waals surface area contributed by atoms with Crippen molar-refractivity contribution in [2.45, 2.75) is 58.2 Å². The van der Waals surface area contributed by atoms with Crippen molar-refractivity contribution in [1.29, 1.82) is 0 Å². The Morgan fingerprint density at radius 3 is 2.89 bits per heavy atom. The van der Waals surface area contributed by atoms with Gasteiger partial charge in [-0.15, -0.1) is 0 Å². The number of aliphatic hydroxyl groups excluding tert-OH is 1. The second kappa shape index (κ2) is 6.76. The minimum atomic E-state index is -0.502. The summed E-state index contributed by atoms with van der Waals surface area (Å²) in [5, 5.41) is 9.86. The molecule has 1 fully saturated rings. The van der Waals surface area contributed by atoms with Gasteiger partial charge in [-0.1, -0.05) is 35.7 Å². The highest BCUT2D eigenvalue weighted by Gasteiger charge is 2.23. The van der Waals surface area contributed by atoms with Gasteiger partial charge in [0.15, 0.2) is 0 Å². The molecular formula is C16H23BrO2. The van der Waals surface area contributed by atoms with Crippen molar-refractivity contribution >= 4 is 15.9 Å². The average molecular weight is 327 g/mol. The molecule has 19 heavy (non-hydrogen) atoms. The first-order valence-corrected chi connectivity index (χ1v) is 8.03. The number of hydrogen-bond acceptors (Lipinski definition) is 2. The van der Waals surface area contributed by atoms with Gasteiger partial charge < -0.3 is 9.84 Å². The summed E-state index contributed by atoms with van der Waals surface area (Å²) < 4.78 is 7.13. The fourth-order valence-electron chi connectivity index (χ4n) is 2.85. The summed E-state index contributed by atoms with van der Waals surface area (Å²) in [5.74, 6) is 1.63. The number of hydrogen-bond donors (Lipinski definition) is 1. The zero-order valence-corrected chi connectivity index (χ0v) is 13.3. The van der Waals surface area contributed by atoms with E-state index in [1.165, 1.54) is 19.3 Å². The molecule has 0 radical (unpaired) electrons. The molecule has 0 spiro atoms. The molecule has 0 saturated heterocycles. The molecule has 0 bridgehead atoms. The lowest BCUT2D eigenvalue weighted by atomic mass is 9.85. The minimum Gasteiger partial charge on any atom is -0.490 e. The second-order valence-electron chi connectivity index (χ2n) is 5.54. The van der Waals surface area contributed by atoms with Gasteiger partial charge in [0.1, 0.15) is 5.75 Å². The molecule has 1 aromatic rings. The molecule has 2 nitrogen and oxygen atoms in total. The molecule has 106 valence electrons. The highest BCUT2D eigenvalue weighted by Crippen LogP contribution is 2.33. The van der Waals surface area contributed by atoms with Crippen LogP contribution in [-0.4, -0.2) is 11.2 Å². The third kappa shape index (κ3) is 3.96. The third-order valence-electron chi connectivity index (χ3n) is 4.03. The molecule has 0 aromatic heterocycles.